The summed E-state index contributed by atoms with van der Waals surface area (Å²) < 4.78 is 26.4. The first-order valence-electron chi connectivity index (χ1n) is 8.49. The maximum absolute atomic E-state index is 13.0. The molecule has 0 saturated heterocycles. The molecule has 0 aliphatic heterocycles. The van der Waals surface area contributed by atoms with Crippen molar-refractivity contribution in [3.8, 4) is 5.75 Å². The Bertz CT molecular complexity index is 937. The van der Waals surface area contributed by atoms with Gasteiger partial charge in [-0.25, -0.2) is 4.39 Å². The summed E-state index contributed by atoms with van der Waals surface area (Å²) in [4.78, 5) is 12.9. The number of aryl methyl sites for hydroxylation is 1. The van der Waals surface area contributed by atoms with Crippen LogP contribution in [0.1, 0.15) is 16.8 Å². The number of benzene rings is 1. The predicted octanol–water partition coefficient (Wildman–Crippen LogP) is 3.67. The molecule has 1 N–H and O–H groups in total. The first-order valence-corrected chi connectivity index (χ1v) is 8.49. The lowest BCUT2D eigenvalue weighted by Crippen LogP contribution is -2.07. The average molecular weight is 391 g/mol. The summed E-state index contributed by atoms with van der Waals surface area (Å²) in [5.41, 5.74) is 5.15. The number of fused-ring (bicyclic) bond motifs is 1. The molecule has 0 saturated carbocycles. The maximum atomic E-state index is 13.0. The van der Waals surface area contributed by atoms with Crippen molar-refractivity contribution in [3.63, 3.8) is 0 Å². The first kappa shape index (κ1) is 21.1. The van der Waals surface area contributed by atoms with E-state index >= 15 is 0 Å². The molecule has 0 atom stereocenters. The van der Waals surface area contributed by atoms with Gasteiger partial charge in [-0.05, 0) is 37.1 Å². The van der Waals surface area contributed by atoms with E-state index in [2.05, 4.69) is 23.4 Å². The van der Waals surface area contributed by atoms with Crippen molar-refractivity contribution in [1.29, 1.82) is 0 Å². The second-order valence-electron chi connectivity index (χ2n) is 6.01. The first-order chi connectivity index (χ1) is 13.3. The number of hydrogen-bond donors (Lipinski definition) is 1. The molecule has 0 unspecified atom stereocenters. The number of pyridine rings is 1. The Morgan fingerprint density at radius 2 is 1.89 bits per heavy atom. The second kappa shape index (κ2) is 9.65. The lowest BCUT2D eigenvalue weighted by molar-refractivity contribution is -0.742. The van der Waals surface area contributed by atoms with Crippen LogP contribution in [-0.4, -0.2) is 33.6 Å². The van der Waals surface area contributed by atoms with Gasteiger partial charge < -0.3 is 19.2 Å². The zero-order chi connectivity index (χ0) is 20.7. The van der Waals surface area contributed by atoms with E-state index in [0.717, 1.165) is 40.1 Å². The Balaban J connectivity index is 0.000000640. The van der Waals surface area contributed by atoms with Crippen molar-refractivity contribution in [2.24, 2.45) is 0 Å². The Labute approximate surface area is 161 Å². The van der Waals surface area contributed by atoms with E-state index in [1.54, 1.807) is 25.4 Å². The summed E-state index contributed by atoms with van der Waals surface area (Å²) in [6, 6.07) is 8.21. The van der Waals surface area contributed by atoms with E-state index in [9.17, 15) is 4.39 Å². The van der Waals surface area contributed by atoms with Gasteiger partial charge in [0.25, 0.3) is 5.09 Å². The molecular formula is C19H22FN3O5. The van der Waals surface area contributed by atoms with Crippen LogP contribution >= 0.6 is 0 Å². The van der Waals surface area contributed by atoms with Crippen molar-refractivity contribution in [2.75, 3.05) is 13.7 Å². The average Bonchev–Trinajstić information content (AvgIpc) is 2.90. The van der Waals surface area contributed by atoms with E-state index in [1.807, 2.05) is 6.07 Å². The number of halogens is 1. The molecule has 1 aromatic carbocycles. The molecule has 9 heteroatoms. The molecule has 0 radical (unpaired) electrons. The summed E-state index contributed by atoms with van der Waals surface area (Å²) in [6.07, 6.45) is 1.76. The number of nitrogens with zero attached hydrogens (tertiary/aromatic N) is 3. The third-order valence-corrected chi connectivity index (χ3v) is 4.29. The Hall–Kier alpha value is -3.20. The Morgan fingerprint density at radius 3 is 2.50 bits per heavy atom. The standard InChI is InChI=1S/C19H21FN2O2.HNO3/c1-13-14(2)22(10-11-23-3)19-17(8-9-21-18(13)19)24-12-15-4-6-16(20)7-5-15;2-1(3)4/h4-9H,10-12H2,1-3H3;(H,2,3,4). The third-order valence-electron chi connectivity index (χ3n) is 4.29. The predicted molar refractivity (Wildman–Crippen MR) is 101 cm³/mol. The van der Waals surface area contributed by atoms with Crippen LogP contribution in [0, 0.1) is 29.8 Å². The van der Waals surface area contributed by atoms with Crippen LogP contribution in [0.3, 0.4) is 0 Å². The van der Waals surface area contributed by atoms with Gasteiger partial charge in [-0.15, -0.1) is 10.1 Å². The van der Waals surface area contributed by atoms with Crippen LogP contribution in [-0.2, 0) is 17.9 Å². The zero-order valence-electron chi connectivity index (χ0n) is 15.9. The molecule has 0 spiro atoms. The van der Waals surface area contributed by atoms with Crippen LogP contribution in [0.4, 0.5) is 4.39 Å². The van der Waals surface area contributed by atoms with Crippen molar-refractivity contribution in [3.05, 3.63) is 69.3 Å². The Morgan fingerprint density at radius 1 is 1.25 bits per heavy atom. The SMILES string of the molecule is COCCn1c(C)c(C)c2nccc(OCc3ccc(F)cc3)c21.O=[N+]([O-])O. The molecular weight excluding hydrogens is 369 g/mol. The van der Waals surface area contributed by atoms with Crippen molar-refractivity contribution in [1.82, 2.24) is 9.55 Å². The molecule has 0 aliphatic carbocycles. The van der Waals surface area contributed by atoms with Gasteiger partial charge in [0.15, 0.2) is 0 Å². The minimum atomic E-state index is -1.50. The van der Waals surface area contributed by atoms with Crippen molar-refractivity contribution in [2.45, 2.75) is 27.0 Å². The van der Waals surface area contributed by atoms with Crippen LogP contribution in [0.15, 0.2) is 36.5 Å². The van der Waals surface area contributed by atoms with Crippen LogP contribution in [0.25, 0.3) is 11.0 Å². The van der Waals surface area contributed by atoms with E-state index < -0.39 is 5.09 Å². The van der Waals surface area contributed by atoms with E-state index in [0.29, 0.717) is 13.2 Å². The highest BCUT2D eigenvalue weighted by atomic mass is 19.1. The van der Waals surface area contributed by atoms with E-state index in [1.165, 1.54) is 12.1 Å². The fourth-order valence-electron chi connectivity index (χ4n) is 2.83. The summed E-state index contributed by atoms with van der Waals surface area (Å²) >= 11 is 0. The van der Waals surface area contributed by atoms with Gasteiger partial charge in [0.2, 0.25) is 0 Å². The highest BCUT2D eigenvalue weighted by Gasteiger charge is 2.16. The molecule has 0 amide bonds. The van der Waals surface area contributed by atoms with Gasteiger partial charge in [-0.1, -0.05) is 12.1 Å². The highest BCUT2D eigenvalue weighted by molar-refractivity contribution is 5.86. The maximum Gasteiger partial charge on any atom is 0.291 e. The summed E-state index contributed by atoms with van der Waals surface area (Å²) in [5.74, 6) is 0.529. The van der Waals surface area contributed by atoms with Gasteiger partial charge in [0.05, 0.1) is 12.1 Å². The molecule has 3 aromatic rings. The molecule has 3 rings (SSSR count). The van der Waals surface area contributed by atoms with Gasteiger partial charge in [0, 0.05) is 31.6 Å². The number of hydrogen-bond acceptors (Lipinski definition) is 5. The molecule has 0 bridgehead atoms. The smallest absolute Gasteiger partial charge is 0.291 e. The molecule has 150 valence electrons. The number of rotatable bonds is 6. The molecule has 0 fully saturated rings. The van der Waals surface area contributed by atoms with E-state index in [-0.39, 0.29) is 5.82 Å². The van der Waals surface area contributed by atoms with E-state index in [4.69, 9.17) is 24.8 Å². The number of ether oxygens (including phenoxy) is 2. The molecule has 2 heterocycles. The molecule has 28 heavy (non-hydrogen) atoms. The lowest BCUT2D eigenvalue weighted by atomic mass is 10.2. The number of aromatic nitrogens is 2. The molecule has 2 aromatic heterocycles. The van der Waals surface area contributed by atoms with Crippen molar-refractivity contribution >= 4 is 11.0 Å². The van der Waals surface area contributed by atoms with Crippen LogP contribution in [0.2, 0.25) is 0 Å². The zero-order valence-corrected chi connectivity index (χ0v) is 15.9. The molecule has 8 nitrogen and oxygen atoms in total. The summed E-state index contributed by atoms with van der Waals surface area (Å²) in [7, 11) is 1.69. The topological polar surface area (TPSA) is 99.7 Å². The fraction of sp³-hybridized carbons (Fsp3) is 0.316. The monoisotopic (exact) mass is 391 g/mol. The van der Waals surface area contributed by atoms with Gasteiger partial charge in [0.1, 0.15) is 23.7 Å². The quantitative estimate of drug-likeness (QED) is 0.508. The Kier molecular flexibility index (Phi) is 7.28. The van der Waals surface area contributed by atoms with Crippen molar-refractivity contribution < 1.29 is 24.2 Å². The number of methoxy groups -OCH3 is 1. The fourth-order valence-corrected chi connectivity index (χ4v) is 2.83. The minimum Gasteiger partial charge on any atom is -0.487 e. The minimum absolute atomic E-state index is 0.246. The normalized spacial score (nSPS) is 10.4. The largest absolute Gasteiger partial charge is 0.487 e. The highest BCUT2D eigenvalue weighted by Crippen LogP contribution is 2.31. The van der Waals surface area contributed by atoms with Gasteiger partial charge in [-0.3, -0.25) is 4.98 Å². The summed E-state index contributed by atoms with van der Waals surface area (Å²) in [6.45, 7) is 5.89. The van der Waals surface area contributed by atoms with Crippen LogP contribution in [0.5, 0.6) is 5.75 Å². The summed E-state index contributed by atoms with van der Waals surface area (Å²) in [5, 5.41) is 13.6. The molecule has 0 aliphatic rings. The third kappa shape index (κ3) is 5.17. The van der Waals surface area contributed by atoms with Crippen LogP contribution < -0.4 is 4.74 Å². The van der Waals surface area contributed by atoms with Gasteiger partial charge in [-0.2, -0.15) is 0 Å². The second-order valence-corrected chi connectivity index (χ2v) is 6.01. The van der Waals surface area contributed by atoms with Gasteiger partial charge >= 0.3 is 0 Å². The lowest BCUT2D eigenvalue weighted by Gasteiger charge is -2.12.